The molecular formula is C12H25N3O. The molecule has 1 saturated heterocycles. The molecule has 0 aromatic carbocycles. The van der Waals surface area contributed by atoms with Crippen LogP contribution in [0.25, 0.3) is 0 Å². The highest BCUT2D eigenvalue weighted by Crippen LogP contribution is 2.16. The van der Waals surface area contributed by atoms with E-state index in [2.05, 4.69) is 24.1 Å². The largest absolute Gasteiger partial charge is 0.369 e. The minimum atomic E-state index is -0.453. The lowest BCUT2D eigenvalue weighted by atomic mass is 9.92. The maximum absolute atomic E-state index is 11.2. The van der Waals surface area contributed by atoms with Crippen molar-refractivity contribution in [2.24, 2.45) is 11.1 Å². The maximum Gasteiger partial charge on any atom is 0.224 e. The van der Waals surface area contributed by atoms with Crippen LogP contribution in [0.2, 0.25) is 0 Å². The van der Waals surface area contributed by atoms with E-state index in [1.807, 2.05) is 13.8 Å². The Hall–Kier alpha value is -0.610. The Morgan fingerprint density at radius 2 is 2.19 bits per heavy atom. The van der Waals surface area contributed by atoms with Crippen LogP contribution in [-0.2, 0) is 4.79 Å². The van der Waals surface area contributed by atoms with Crippen LogP contribution in [0.1, 0.15) is 34.1 Å². The zero-order chi connectivity index (χ0) is 12.3. The molecule has 0 aliphatic carbocycles. The van der Waals surface area contributed by atoms with Gasteiger partial charge in [0, 0.05) is 25.2 Å². The second-order valence-corrected chi connectivity index (χ2v) is 5.70. The van der Waals surface area contributed by atoms with Crippen LogP contribution in [0.5, 0.6) is 0 Å². The van der Waals surface area contributed by atoms with E-state index in [1.165, 1.54) is 0 Å². The van der Waals surface area contributed by atoms with Crippen LogP contribution in [0.3, 0.4) is 0 Å². The van der Waals surface area contributed by atoms with Crippen molar-refractivity contribution in [1.82, 2.24) is 10.2 Å². The van der Waals surface area contributed by atoms with Crippen molar-refractivity contribution in [3.05, 3.63) is 0 Å². The smallest absolute Gasteiger partial charge is 0.224 e. The van der Waals surface area contributed by atoms with Gasteiger partial charge in [0.25, 0.3) is 0 Å². The summed E-state index contributed by atoms with van der Waals surface area (Å²) in [5.74, 6) is -0.237. The lowest BCUT2D eigenvalue weighted by Crippen LogP contribution is -2.45. The summed E-state index contributed by atoms with van der Waals surface area (Å²) in [6, 6.07) is 1.11. The molecule has 1 fully saturated rings. The van der Waals surface area contributed by atoms with Gasteiger partial charge >= 0.3 is 0 Å². The van der Waals surface area contributed by atoms with Gasteiger partial charge in [-0.05, 0) is 40.7 Å². The van der Waals surface area contributed by atoms with Crippen LogP contribution in [0, 0.1) is 5.41 Å². The molecule has 0 aromatic heterocycles. The summed E-state index contributed by atoms with van der Waals surface area (Å²) in [6.45, 7) is 11.1. The number of nitrogens with one attached hydrogen (secondary N) is 1. The highest BCUT2D eigenvalue weighted by atomic mass is 16.1. The van der Waals surface area contributed by atoms with Crippen molar-refractivity contribution in [3.8, 4) is 0 Å². The number of amides is 1. The standard InChI is InChI=1S/C12H25N3O/c1-9(2)15-6-5-10(7-15)14-8-12(3,4)11(13)16/h9-10,14H,5-8H2,1-4H3,(H2,13,16). The van der Waals surface area contributed by atoms with Crippen LogP contribution >= 0.6 is 0 Å². The van der Waals surface area contributed by atoms with Gasteiger partial charge in [0.05, 0.1) is 5.41 Å². The zero-order valence-electron chi connectivity index (χ0n) is 10.9. The highest BCUT2D eigenvalue weighted by molar-refractivity contribution is 5.80. The molecule has 4 nitrogen and oxygen atoms in total. The molecule has 1 atom stereocenters. The SMILES string of the molecule is CC(C)N1CCC(NCC(C)(C)C(N)=O)C1. The first-order valence-corrected chi connectivity index (χ1v) is 6.10. The molecule has 1 heterocycles. The summed E-state index contributed by atoms with van der Waals surface area (Å²) in [6.07, 6.45) is 1.16. The molecule has 3 N–H and O–H groups in total. The minimum absolute atomic E-state index is 0.237. The van der Waals surface area contributed by atoms with E-state index in [4.69, 9.17) is 5.73 Å². The quantitative estimate of drug-likeness (QED) is 0.722. The Labute approximate surface area is 98.6 Å². The molecule has 1 aliphatic rings. The number of hydrogen-bond donors (Lipinski definition) is 2. The maximum atomic E-state index is 11.2. The van der Waals surface area contributed by atoms with E-state index in [0.29, 0.717) is 18.6 Å². The summed E-state index contributed by atoms with van der Waals surface area (Å²) >= 11 is 0. The van der Waals surface area contributed by atoms with Gasteiger partial charge in [-0.1, -0.05) is 0 Å². The third-order valence-corrected chi connectivity index (χ3v) is 3.45. The lowest BCUT2D eigenvalue weighted by molar-refractivity contribution is -0.125. The number of likely N-dealkylation sites (tertiary alicyclic amines) is 1. The van der Waals surface area contributed by atoms with Crippen molar-refractivity contribution in [2.45, 2.75) is 46.2 Å². The summed E-state index contributed by atoms with van der Waals surface area (Å²) in [4.78, 5) is 13.6. The first-order chi connectivity index (χ1) is 7.33. The summed E-state index contributed by atoms with van der Waals surface area (Å²) in [5, 5.41) is 3.45. The Morgan fingerprint density at radius 3 is 2.62 bits per heavy atom. The molecule has 0 aromatic rings. The molecule has 0 saturated carbocycles. The second kappa shape index (κ2) is 5.15. The van der Waals surface area contributed by atoms with Gasteiger partial charge < -0.3 is 11.1 Å². The highest BCUT2D eigenvalue weighted by Gasteiger charge is 2.28. The Kier molecular flexibility index (Phi) is 4.33. The van der Waals surface area contributed by atoms with Crippen molar-refractivity contribution in [1.29, 1.82) is 0 Å². The Morgan fingerprint density at radius 1 is 1.56 bits per heavy atom. The molecule has 0 spiro atoms. The van der Waals surface area contributed by atoms with Crippen molar-refractivity contribution in [3.63, 3.8) is 0 Å². The van der Waals surface area contributed by atoms with E-state index >= 15 is 0 Å². The molecule has 16 heavy (non-hydrogen) atoms. The fraction of sp³-hybridized carbons (Fsp3) is 0.917. The van der Waals surface area contributed by atoms with E-state index in [0.717, 1.165) is 19.5 Å². The number of rotatable bonds is 5. The lowest BCUT2D eigenvalue weighted by Gasteiger charge is -2.24. The predicted molar refractivity (Wildman–Crippen MR) is 66.1 cm³/mol. The molecule has 94 valence electrons. The molecule has 1 amide bonds. The molecule has 4 heteroatoms. The van der Waals surface area contributed by atoms with Gasteiger partial charge in [0.1, 0.15) is 0 Å². The zero-order valence-corrected chi connectivity index (χ0v) is 10.9. The topological polar surface area (TPSA) is 58.4 Å². The van der Waals surface area contributed by atoms with Crippen molar-refractivity contribution in [2.75, 3.05) is 19.6 Å². The summed E-state index contributed by atoms with van der Waals surface area (Å²) in [7, 11) is 0. The van der Waals surface area contributed by atoms with E-state index in [9.17, 15) is 4.79 Å². The number of hydrogen-bond acceptors (Lipinski definition) is 3. The number of primary amides is 1. The second-order valence-electron chi connectivity index (χ2n) is 5.70. The molecular weight excluding hydrogens is 202 g/mol. The predicted octanol–water partition coefficient (Wildman–Crippen LogP) is 0.570. The van der Waals surface area contributed by atoms with Gasteiger partial charge in [-0.15, -0.1) is 0 Å². The summed E-state index contributed by atoms with van der Waals surface area (Å²) in [5.41, 5.74) is 4.89. The van der Waals surface area contributed by atoms with Crippen LogP contribution in [0.15, 0.2) is 0 Å². The van der Waals surface area contributed by atoms with E-state index in [-0.39, 0.29) is 5.91 Å². The van der Waals surface area contributed by atoms with Gasteiger partial charge in [0.15, 0.2) is 0 Å². The Bertz CT molecular complexity index is 251. The molecule has 1 rings (SSSR count). The minimum Gasteiger partial charge on any atom is -0.369 e. The van der Waals surface area contributed by atoms with Crippen molar-refractivity contribution >= 4 is 5.91 Å². The number of carbonyl (C=O) groups is 1. The molecule has 1 aliphatic heterocycles. The summed E-state index contributed by atoms with van der Waals surface area (Å²) < 4.78 is 0. The Balaban J connectivity index is 2.33. The third kappa shape index (κ3) is 3.46. The van der Waals surface area contributed by atoms with Crippen LogP contribution in [-0.4, -0.2) is 42.5 Å². The van der Waals surface area contributed by atoms with Crippen LogP contribution < -0.4 is 11.1 Å². The first-order valence-electron chi connectivity index (χ1n) is 6.10. The number of nitrogens with two attached hydrogens (primary N) is 1. The molecule has 1 unspecified atom stereocenters. The average molecular weight is 227 g/mol. The normalized spacial score (nSPS) is 22.9. The van der Waals surface area contributed by atoms with Gasteiger partial charge in [-0.25, -0.2) is 0 Å². The fourth-order valence-electron chi connectivity index (χ4n) is 1.91. The fourth-order valence-corrected chi connectivity index (χ4v) is 1.91. The third-order valence-electron chi connectivity index (χ3n) is 3.45. The van der Waals surface area contributed by atoms with Gasteiger partial charge in [-0.2, -0.15) is 0 Å². The number of carbonyl (C=O) groups excluding carboxylic acids is 1. The first kappa shape index (κ1) is 13.5. The van der Waals surface area contributed by atoms with E-state index < -0.39 is 5.41 Å². The van der Waals surface area contributed by atoms with Crippen molar-refractivity contribution < 1.29 is 4.79 Å². The van der Waals surface area contributed by atoms with E-state index in [1.54, 1.807) is 0 Å². The molecule has 0 radical (unpaired) electrons. The average Bonchev–Trinajstić information content (AvgIpc) is 2.63. The molecule has 0 bridgehead atoms. The van der Waals surface area contributed by atoms with Gasteiger partial charge in [-0.3, -0.25) is 9.69 Å². The van der Waals surface area contributed by atoms with Crippen LogP contribution in [0.4, 0.5) is 0 Å². The monoisotopic (exact) mass is 227 g/mol. The van der Waals surface area contributed by atoms with Gasteiger partial charge in [0.2, 0.25) is 5.91 Å². The number of nitrogens with zero attached hydrogens (tertiary/aromatic N) is 1.